The number of anilines is 1. The smallest absolute Gasteiger partial charge is 0.262 e. The first-order valence-corrected chi connectivity index (χ1v) is 10.4. The molecule has 0 aliphatic carbocycles. The third kappa shape index (κ3) is 3.41. The van der Waals surface area contributed by atoms with Crippen LogP contribution in [0.1, 0.15) is 5.56 Å². The molecule has 0 aliphatic heterocycles. The Bertz CT molecular complexity index is 961. The molecule has 0 fully saturated rings. The molecular formula is C15H11Cl2NO2S3. The van der Waals surface area contributed by atoms with Crippen LogP contribution in [-0.2, 0) is 10.0 Å². The first kappa shape index (κ1) is 16.8. The lowest BCUT2D eigenvalue weighted by Gasteiger charge is -2.11. The molecule has 0 spiro atoms. The Labute approximate surface area is 152 Å². The molecule has 0 radical (unpaired) electrons. The maximum absolute atomic E-state index is 12.7. The van der Waals surface area contributed by atoms with E-state index >= 15 is 0 Å². The van der Waals surface area contributed by atoms with E-state index in [1.807, 2.05) is 11.4 Å². The number of hydrogen-bond acceptors (Lipinski definition) is 4. The number of halogens is 2. The third-order valence-electron chi connectivity index (χ3n) is 3.21. The molecule has 3 aromatic rings. The summed E-state index contributed by atoms with van der Waals surface area (Å²) in [6.45, 7) is 1.68. The van der Waals surface area contributed by atoms with Gasteiger partial charge >= 0.3 is 0 Å². The Morgan fingerprint density at radius 1 is 1.09 bits per heavy atom. The molecular weight excluding hydrogens is 393 g/mol. The van der Waals surface area contributed by atoms with Crippen LogP contribution in [0.4, 0.5) is 5.69 Å². The van der Waals surface area contributed by atoms with Gasteiger partial charge in [0.25, 0.3) is 10.0 Å². The molecule has 8 heteroatoms. The van der Waals surface area contributed by atoms with E-state index in [-0.39, 0.29) is 4.90 Å². The molecule has 0 bridgehead atoms. The van der Waals surface area contributed by atoms with E-state index < -0.39 is 10.0 Å². The Morgan fingerprint density at radius 3 is 2.57 bits per heavy atom. The topological polar surface area (TPSA) is 46.2 Å². The number of thiophene rings is 2. The van der Waals surface area contributed by atoms with E-state index in [9.17, 15) is 8.42 Å². The first-order chi connectivity index (χ1) is 10.9. The van der Waals surface area contributed by atoms with Crippen LogP contribution in [0.2, 0.25) is 9.36 Å². The van der Waals surface area contributed by atoms with E-state index in [2.05, 4.69) is 4.72 Å². The van der Waals surface area contributed by atoms with Gasteiger partial charge in [-0.25, -0.2) is 8.42 Å². The minimum Gasteiger partial charge on any atom is -0.278 e. The van der Waals surface area contributed by atoms with Crippen LogP contribution in [0.5, 0.6) is 0 Å². The molecule has 0 amide bonds. The predicted octanol–water partition coefficient (Wildman–Crippen LogP) is 5.89. The summed E-state index contributed by atoms with van der Waals surface area (Å²) in [6, 6.07) is 10.2. The highest BCUT2D eigenvalue weighted by molar-refractivity contribution is 7.92. The van der Waals surface area contributed by atoms with Crippen LogP contribution in [0.15, 0.2) is 46.7 Å². The molecule has 120 valence electrons. The molecule has 23 heavy (non-hydrogen) atoms. The van der Waals surface area contributed by atoms with Gasteiger partial charge in [0, 0.05) is 9.90 Å². The Kier molecular flexibility index (Phi) is 4.71. The second-order valence-corrected chi connectivity index (χ2v) is 9.42. The van der Waals surface area contributed by atoms with Gasteiger partial charge in [0.05, 0.1) is 19.8 Å². The van der Waals surface area contributed by atoms with E-state index in [0.29, 0.717) is 20.6 Å². The standard InChI is InChI=1S/C15H11Cl2NO2S3/c1-9-10(16)3-2-4-13(9)23(19,20)18-11-7-8-21-15(11)12-5-6-14(17)22-12/h2-8,18H,1H3. The lowest BCUT2D eigenvalue weighted by Crippen LogP contribution is -2.14. The van der Waals surface area contributed by atoms with Crippen molar-refractivity contribution < 1.29 is 8.42 Å². The Balaban J connectivity index is 1.99. The van der Waals surface area contributed by atoms with Gasteiger partial charge < -0.3 is 0 Å². The minimum atomic E-state index is -3.72. The van der Waals surface area contributed by atoms with Crippen molar-refractivity contribution in [3.05, 3.63) is 56.7 Å². The molecule has 0 saturated heterocycles. The summed E-state index contributed by atoms with van der Waals surface area (Å²) in [6.07, 6.45) is 0. The van der Waals surface area contributed by atoms with Gasteiger partial charge in [-0.1, -0.05) is 29.3 Å². The molecule has 3 rings (SSSR count). The normalized spacial score (nSPS) is 11.6. The van der Waals surface area contributed by atoms with Crippen molar-refractivity contribution in [3.63, 3.8) is 0 Å². The molecule has 3 nitrogen and oxygen atoms in total. The monoisotopic (exact) mass is 403 g/mol. The molecule has 0 atom stereocenters. The second-order valence-electron chi connectivity index (χ2n) is 4.74. The van der Waals surface area contributed by atoms with Gasteiger partial charge in [-0.05, 0) is 48.2 Å². The highest BCUT2D eigenvalue weighted by Gasteiger charge is 2.21. The van der Waals surface area contributed by atoms with Crippen molar-refractivity contribution in [1.29, 1.82) is 0 Å². The van der Waals surface area contributed by atoms with Crippen LogP contribution in [0, 0.1) is 6.92 Å². The summed E-state index contributed by atoms with van der Waals surface area (Å²) >= 11 is 14.9. The fourth-order valence-electron chi connectivity index (χ4n) is 2.10. The highest BCUT2D eigenvalue weighted by Crippen LogP contribution is 2.40. The van der Waals surface area contributed by atoms with Crippen LogP contribution in [-0.4, -0.2) is 8.42 Å². The van der Waals surface area contributed by atoms with E-state index in [4.69, 9.17) is 23.2 Å². The quantitative estimate of drug-likeness (QED) is 0.589. The lowest BCUT2D eigenvalue weighted by molar-refractivity contribution is 0.600. The Hall–Kier alpha value is -1.05. The molecule has 0 saturated carbocycles. The van der Waals surface area contributed by atoms with E-state index in [1.165, 1.54) is 28.7 Å². The molecule has 2 aromatic heterocycles. The fraction of sp³-hybridized carbons (Fsp3) is 0.0667. The average Bonchev–Trinajstić information content (AvgIpc) is 3.10. The molecule has 0 aliphatic rings. The molecule has 1 aromatic carbocycles. The maximum Gasteiger partial charge on any atom is 0.262 e. The fourth-order valence-corrected chi connectivity index (χ4v) is 5.77. The number of rotatable bonds is 4. The van der Waals surface area contributed by atoms with Crippen LogP contribution in [0.3, 0.4) is 0 Å². The van der Waals surface area contributed by atoms with Gasteiger partial charge in [0.15, 0.2) is 0 Å². The van der Waals surface area contributed by atoms with Gasteiger partial charge in [-0.3, -0.25) is 4.72 Å². The van der Waals surface area contributed by atoms with Gasteiger partial charge in [0.2, 0.25) is 0 Å². The van der Waals surface area contributed by atoms with Crippen molar-refractivity contribution >= 4 is 61.6 Å². The largest absolute Gasteiger partial charge is 0.278 e. The lowest BCUT2D eigenvalue weighted by atomic mass is 10.2. The summed E-state index contributed by atoms with van der Waals surface area (Å²) in [5.74, 6) is 0. The number of sulfonamides is 1. The van der Waals surface area contributed by atoms with Crippen LogP contribution < -0.4 is 4.72 Å². The zero-order valence-corrected chi connectivity index (χ0v) is 15.8. The average molecular weight is 404 g/mol. The van der Waals surface area contributed by atoms with Crippen molar-refractivity contribution in [2.24, 2.45) is 0 Å². The Morgan fingerprint density at radius 2 is 1.87 bits per heavy atom. The second kappa shape index (κ2) is 6.45. The maximum atomic E-state index is 12.7. The third-order valence-corrected chi connectivity index (χ3v) is 7.46. The summed E-state index contributed by atoms with van der Waals surface area (Å²) in [5.41, 5.74) is 1.06. The molecule has 2 heterocycles. The van der Waals surface area contributed by atoms with Gasteiger partial charge in [-0.15, -0.1) is 22.7 Å². The zero-order valence-electron chi connectivity index (χ0n) is 11.8. The minimum absolute atomic E-state index is 0.173. The van der Waals surface area contributed by atoms with Crippen molar-refractivity contribution in [3.8, 4) is 9.75 Å². The van der Waals surface area contributed by atoms with Crippen LogP contribution >= 0.6 is 45.9 Å². The molecule has 1 N–H and O–H groups in total. The van der Waals surface area contributed by atoms with Crippen molar-refractivity contribution in [2.75, 3.05) is 4.72 Å². The zero-order chi connectivity index (χ0) is 16.6. The number of nitrogens with one attached hydrogen (secondary N) is 1. The SMILES string of the molecule is Cc1c(Cl)cccc1S(=O)(=O)Nc1ccsc1-c1ccc(Cl)s1. The first-order valence-electron chi connectivity index (χ1n) is 6.49. The highest BCUT2D eigenvalue weighted by atomic mass is 35.5. The summed E-state index contributed by atoms with van der Waals surface area (Å²) in [4.78, 5) is 1.93. The summed E-state index contributed by atoms with van der Waals surface area (Å²) in [5, 5.41) is 2.26. The van der Waals surface area contributed by atoms with Crippen molar-refractivity contribution in [1.82, 2.24) is 0 Å². The molecule has 0 unspecified atom stereocenters. The van der Waals surface area contributed by atoms with E-state index in [1.54, 1.807) is 31.2 Å². The van der Waals surface area contributed by atoms with Crippen molar-refractivity contribution in [2.45, 2.75) is 11.8 Å². The summed E-state index contributed by atoms with van der Waals surface area (Å²) < 4.78 is 28.7. The van der Waals surface area contributed by atoms with Gasteiger partial charge in [0.1, 0.15) is 0 Å². The van der Waals surface area contributed by atoms with Crippen LogP contribution in [0.25, 0.3) is 9.75 Å². The van der Waals surface area contributed by atoms with E-state index in [0.717, 1.165) is 9.75 Å². The number of hydrogen-bond donors (Lipinski definition) is 1. The van der Waals surface area contributed by atoms with Gasteiger partial charge in [-0.2, -0.15) is 0 Å². The summed E-state index contributed by atoms with van der Waals surface area (Å²) in [7, 11) is -3.72. The number of benzene rings is 1. The predicted molar refractivity (Wildman–Crippen MR) is 99.6 cm³/mol.